The summed E-state index contributed by atoms with van der Waals surface area (Å²) in [6.07, 6.45) is 21.3. The van der Waals surface area contributed by atoms with Crippen molar-refractivity contribution in [3.63, 3.8) is 0 Å². The quantitative estimate of drug-likeness (QED) is 0.193. The molecular weight excluding hydrogens is 356 g/mol. The Morgan fingerprint density at radius 3 is 2.43 bits per heavy atom. The molecule has 0 saturated heterocycles. The van der Waals surface area contributed by atoms with Gasteiger partial charge in [-0.1, -0.05) is 97.4 Å². The minimum absolute atomic E-state index is 0.726. The van der Waals surface area contributed by atoms with Gasteiger partial charge >= 0.3 is 0 Å². The molecule has 0 radical (unpaired) electrons. The van der Waals surface area contributed by atoms with Crippen LogP contribution in [0.1, 0.15) is 112 Å². The number of hydrogen-bond donors (Lipinski definition) is 0. The first-order valence-corrected chi connectivity index (χ1v) is 13.5. The molecule has 0 heterocycles. The van der Waals surface area contributed by atoms with E-state index in [-0.39, 0.29) is 0 Å². The van der Waals surface area contributed by atoms with Crippen molar-refractivity contribution in [1.82, 2.24) is 0 Å². The average molecular weight is 407 g/mol. The van der Waals surface area contributed by atoms with Crippen LogP contribution >= 0.6 is 11.8 Å². The van der Waals surface area contributed by atoms with Gasteiger partial charge in [0, 0.05) is 5.25 Å². The van der Waals surface area contributed by atoms with E-state index in [1.807, 2.05) is 0 Å². The summed E-state index contributed by atoms with van der Waals surface area (Å²) in [6, 6.07) is 0. The van der Waals surface area contributed by atoms with Gasteiger partial charge in [-0.15, -0.1) is 0 Å². The number of thioether (sulfide) groups is 1. The Kier molecular flexibility index (Phi) is 14.4. The van der Waals surface area contributed by atoms with Crippen LogP contribution in [0.5, 0.6) is 0 Å². The highest BCUT2D eigenvalue weighted by Crippen LogP contribution is 2.42. The maximum Gasteiger partial charge on any atom is 0.00810 e. The first-order valence-electron chi connectivity index (χ1n) is 12.5. The Labute approximate surface area is 182 Å². The van der Waals surface area contributed by atoms with Crippen LogP contribution < -0.4 is 0 Å². The lowest BCUT2D eigenvalue weighted by Crippen LogP contribution is -2.28. The fourth-order valence-corrected chi connectivity index (χ4v) is 5.84. The second kappa shape index (κ2) is 15.6. The second-order valence-electron chi connectivity index (χ2n) is 9.60. The minimum Gasteiger partial charge on any atom is -0.159 e. The molecule has 4 atom stereocenters. The normalized spacial score (nSPS) is 24.1. The van der Waals surface area contributed by atoms with Crippen LogP contribution in [0.15, 0.2) is 24.3 Å². The third kappa shape index (κ3) is 10.6. The van der Waals surface area contributed by atoms with Crippen molar-refractivity contribution in [1.29, 1.82) is 0 Å². The molecule has 0 aliphatic heterocycles. The van der Waals surface area contributed by atoms with Crippen LogP contribution in [0.2, 0.25) is 0 Å². The molecule has 1 heteroatoms. The number of unbranched alkanes of at least 4 members (excludes halogenated alkanes) is 6. The highest BCUT2D eigenvalue weighted by molar-refractivity contribution is 7.99. The summed E-state index contributed by atoms with van der Waals surface area (Å²) in [5.74, 6) is 4.61. The van der Waals surface area contributed by atoms with Gasteiger partial charge in [-0.25, -0.2) is 0 Å². The van der Waals surface area contributed by atoms with Crippen molar-refractivity contribution < 1.29 is 0 Å². The molecule has 0 nitrogen and oxygen atoms in total. The van der Waals surface area contributed by atoms with Crippen molar-refractivity contribution in [3.05, 3.63) is 24.3 Å². The molecular formula is C27H50S. The minimum atomic E-state index is 0.726. The molecule has 4 unspecified atom stereocenters. The van der Waals surface area contributed by atoms with Gasteiger partial charge in [0.15, 0.2) is 0 Å². The monoisotopic (exact) mass is 406 g/mol. The van der Waals surface area contributed by atoms with Crippen LogP contribution in [0.25, 0.3) is 0 Å². The lowest BCUT2D eigenvalue weighted by Gasteiger charge is -2.37. The average Bonchev–Trinajstić information content (AvgIpc) is 2.68. The maximum atomic E-state index is 4.46. The molecule has 0 bridgehead atoms. The Hall–Kier alpha value is -0.170. The summed E-state index contributed by atoms with van der Waals surface area (Å²) >= 11 is 2.22. The van der Waals surface area contributed by atoms with E-state index in [0.29, 0.717) is 0 Å². The molecule has 1 aliphatic carbocycles. The summed E-state index contributed by atoms with van der Waals surface area (Å²) in [4.78, 5) is 0. The van der Waals surface area contributed by atoms with Gasteiger partial charge in [0.05, 0.1) is 0 Å². The molecule has 0 N–H and O–H groups in total. The van der Waals surface area contributed by atoms with E-state index in [1.54, 1.807) is 0 Å². The van der Waals surface area contributed by atoms with E-state index < -0.39 is 0 Å². The first kappa shape index (κ1) is 25.9. The number of allylic oxidation sites excluding steroid dienone is 3. The Bertz CT molecular complexity index is 422. The molecule has 1 saturated carbocycles. The predicted octanol–water partition coefficient (Wildman–Crippen LogP) is 9.46. The van der Waals surface area contributed by atoms with E-state index in [1.165, 1.54) is 88.4 Å². The molecule has 0 aromatic carbocycles. The first-order chi connectivity index (χ1) is 13.5. The van der Waals surface area contributed by atoms with Crippen LogP contribution in [-0.4, -0.2) is 11.0 Å². The van der Waals surface area contributed by atoms with E-state index in [0.717, 1.165) is 28.9 Å². The van der Waals surface area contributed by atoms with Crippen molar-refractivity contribution in [2.45, 2.75) is 117 Å². The zero-order valence-electron chi connectivity index (χ0n) is 19.8. The van der Waals surface area contributed by atoms with Gasteiger partial charge in [-0.3, -0.25) is 0 Å². The maximum absolute atomic E-state index is 4.46. The zero-order valence-corrected chi connectivity index (χ0v) is 20.7. The second-order valence-corrected chi connectivity index (χ2v) is 11.1. The Balaban J connectivity index is 2.36. The summed E-state index contributed by atoms with van der Waals surface area (Å²) in [7, 11) is 0. The van der Waals surface area contributed by atoms with Crippen molar-refractivity contribution in [3.8, 4) is 0 Å². The van der Waals surface area contributed by atoms with Crippen LogP contribution in [0.4, 0.5) is 0 Å². The molecule has 28 heavy (non-hydrogen) atoms. The highest BCUT2D eigenvalue weighted by Gasteiger charge is 2.31. The van der Waals surface area contributed by atoms with Gasteiger partial charge in [0.25, 0.3) is 0 Å². The summed E-state index contributed by atoms with van der Waals surface area (Å²) < 4.78 is 0. The van der Waals surface area contributed by atoms with Gasteiger partial charge in [-0.05, 0) is 67.9 Å². The highest BCUT2D eigenvalue weighted by atomic mass is 32.2. The molecule has 0 amide bonds. The molecule has 164 valence electrons. The summed E-state index contributed by atoms with van der Waals surface area (Å²) in [6.45, 7) is 16.3. The van der Waals surface area contributed by atoms with Crippen LogP contribution in [-0.2, 0) is 0 Å². The molecule has 0 spiro atoms. The fourth-order valence-electron chi connectivity index (χ4n) is 4.50. The fraction of sp³-hybridized carbons (Fsp3) is 0.852. The SMILES string of the molecule is C=C(/C=C\CCCCCCCC)C1CCC(CCC(C)C(C)C)C(SCC)C1. The topological polar surface area (TPSA) is 0 Å². The van der Waals surface area contributed by atoms with Crippen molar-refractivity contribution >= 4 is 11.8 Å². The molecule has 0 aromatic heterocycles. The third-order valence-corrected chi connectivity index (χ3v) is 8.36. The van der Waals surface area contributed by atoms with Gasteiger partial charge in [-0.2, -0.15) is 11.8 Å². The summed E-state index contributed by atoms with van der Waals surface area (Å²) in [5, 5.41) is 0.854. The van der Waals surface area contributed by atoms with E-state index >= 15 is 0 Å². The standard InChI is InChI=1S/C27H50S/c1-7-9-10-11-12-13-14-15-16-24(6)26-20-19-25(27(21-26)28-8-2)18-17-23(5)22(3)4/h15-16,22-23,25-27H,6-14,17-21H2,1-5H3/b16-15-. The van der Waals surface area contributed by atoms with E-state index in [9.17, 15) is 0 Å². The predicted molar refractivity (Wildman–Crippen MR) is 132 cm³/mol. The Morgan fingerprint density at radius 2 is 1.75 bits per heavy atom. The largest absolute Gasteiger partial charge is 0.159 e. The van der Waals surface area contributed by atoms with Gasteiger partial charge < -0.3 is 0 Å². The van der Waals surface area contributed by atoms with Gasteiger partial charge in [0.2, 0.25) is 0 Å². The van der Waals surface area contributed by atoms with Crippen LogP contribution in [0, 0.1) is 23.7 Å². The summed E-state index contributed by atoms with van der Waals surface area (Å²) in [5.41, 5.74) is 1.40. The lowest BCUT2D eigenvalue weighted by molar-refractivity contribution is 0.268. The van der Waals surface area contributed by atoms with E-state index in [4.69, 9.17) is 0 Å². The number of rotatable bonds is 15. The van der Waals surface area contributed by atoms with Crippen LogP contribution in [0.3, 0.4) is 0 Å². The van der Waals surface area contributed by atoms with E-state index in [2.05, 4.69) is 65.1 Å². The molecule has 1 fully saturated rings. The smallest absolute Gasteiger partial charge is 0.00810 e. The Morgan fingerprint density at radius 1 is 1.04 bits per heavy atom. The third-order valence-electron chi connectivity index (χ3n) is 7.02. The lowest BCUT2D eigenvalue weighted by atomic mass is 9.75. The van der Waals surface area contributed by atoms with Crippen molar-refractivity contribution in [2.24, 2.45) is 23.7 Å². The van der Waals surface area contributed by atoms with Crippen molar-refractivity contribution in [2.75, 3.05) is 5.75 Å². The van der Waals surface area contributed by atoms with Gasteiger partial charge in [0.1, 0.15) is 0 Å². The number of hydrogen-bond acceptors (Lipinski definition) is 1. The molecule has 1 aliphatic rings. The zero-order chi connectivity index (χ0) is 20.8. The molecule has 0 aromatic rings. The molecule has 1 rings (SSSR count).